The van der Waals surface area contributed by atoms with Crippen LogP contribution in [0.1, 0.15) is 26.7 Å². The number of carboxylic acid groups (broad SMARTS) is 1. The summed E-state index contributed by atoms with van der Waals surface area (Å²) >= 11 is 0. The van der Waals surface area contributed by atoms with Crippen molar-refractivity contribution in [3.05, 3.63) is 0 Å². The van der Waals surface area contributed by atoms with Crippen LogP contribution in [0.25, 0.3) is 0 Å². The third-order valence-electron chi connectivity index (χ3n) is 2.14. The van der Waals surface area contributed by atoms with Crippen molar-refractivity contribution in [1.29, 1.82) is 0 Å². The highest BCUT2D eigenvalue weighted by molar-refractivity contribution is 5.73. The number of nitrogens with zero attached hydrogens (tertiary/aromatic N) is 1. The predicted octanol–water partition coefficient (Wildman–Crippen LogP) is 1.21. The minimum Gasteiger partial charge on any atom is -0.480 e. The van der Waals surface area contributed by atoms with E-state index in [1.807, 2.05) is 18.9 Å². The van der Waals surface area contributed by atoms with Crippen LogP contribution in [0, 0.1) is 0 Å². The molecule has 4 heteroatoms. The highest BCUT2D eigenvalue weighted by Crippen LogP contribution is 2.01. The van der Waals surface area contributed by atoms with E-state index in [0.29, 0.717) is 19.6 Å². The Morgan fingerprint density at radius 2 is 2.07 bits per heavy atom. The van der Waals surface area contributed by atoms with Crippen molar-refractivity contribution in [3.8, 4) is 0 Å². The summed E-state index contributed by atoms with van der Waals surface area (Å²) in [5.74, 6) is -0.759. The number of carbonyl (C=O) groups is 1. The van der Waals surface area contributed by atoms with E-state index in [0.717, 1.165) is 13.0 Å². The van der Waals surface area contributed by atoms with E-state index in [4.69, 9.17) is 9.84 Å². The Labute approximate surface area is 85.9 Å². The van der Waals surface area contributed by atoms with Crippen LogP contribution >= 0.6 is 0 Å². The lowest BCUT2D eigenvalue weighted by molar-refractivity contribution is -0.143. The largest absolute Gasteiger partial charge is 0.480 e. The molecule has 0 saturated carbocycles. The van der Waals surface area contributed by atoms with Crippen molar-refractivity contribution < 1.29 is 14.6 Å². The highest BCUT2D eigenvalue weighted by atomic mass is 16.5. The highest BCUT2D eigenvalue weighted by Gasteiger charge is 2.19. The summed E-state index contributed by atoms with van der Waals surface area (Å²) in [5.41, 5.74) is 0. The van der Waals surface area contributed by atoms with Gasteiger partial charge in [0, 0.05) is 13.2 Å². The van der Waals surface area contributed by atoms with Crippen molar-refractivity contribution in [2.45, 2.75) is 32.7 Å². The molecule has 0 fully saturated rings. The van der Waals surface area contributed by atoms with E-state index in [1.54, 1.807) is 0 Å². The second-order valence-electron chi connectivity index (χ2n) is 3.36. The number of likely N-dealkylation sites (N-methyl/N-ethyl adjacent to an activating group) is 1. The molecule has 0 aromatic rings. The topological polar surface area (TPSA) is 49.8 Å². The van der Waals surface area contributed by atoms with Crippen LogP contribution in [-0.2, 0) is 9.53 Å². The van der Waals surface area contributed by atoms with Gasteiger partial charge in [-0.05, 0) is 19.9 Å². The van der Waals surface area contributed by atoms with Crippen molar-refractivity contribution in [2.24, 2.45) is 0 Å². The lowest BCUT2D eigenvalue weighted by atomic mass is 10.2. The first-order chi connectivity index (χ1) is 6.63. The van der Waals surface area contributed by atoms with Gasteiger partial charge >= 0.3 is 5.97 Å². The zero-order valence-corrected chi connectivity index (χ0v) is 9.32. The van der Waals surface area contributed by atoms with Gasteiger partial charge in [-0.3, -0.25) is 9.69 Å². The average Bonchev–Trinajstić information content (AvgIpc) is 2.13. The summed E-state index contributed by atoms with van der Waals surface area (Å²) in [5, 5.41) is 8.86. The SMILES string of the molecule is CCCOCCN(C)C(CC)C(=O)O. The molecule has 1 N–H and O–H groups in total. The summed E-state index contributed by atoms with van der Waals surface area (Å²) < 4.78 is 5.29. The van der Waals surface area contributed by atoms with Gasteiger partial charge in [0.25, 0.3) is 0 Å². The van der Waals surface area contributed by atoms with Gasteiger partial charge < -0.3 is 9.84 Å². The zero-order valence-electron chi connectivity index (χ0n) is 9.32. The molecule has 14 heavy (non-hydrogen) atoms. The Bertz CT molecular complexity index is 161. The van der Waals surface area contributed by atoms with Crippen molar-refractivity contribution in [2.75, 3.05) is 26.8 Å². The van der Waals surface area contributed by atoms with E-state index in [1.165, 1.54) is 0 Å². The van der Waals surface area contributed by atoms with Gasteiger partial charge in [-0.1, -0.05) is 13.8 Å². The molecule has 0 aromatic carbocycles. The second-order valence-corrected chi connectivity index (χ2v) is 3.36. The maximum absolute atomic E-state index is 10.8. The molecular formula is C10H21NO3. The minimum absolute atomic E-state index is 0.389. The van der Waals surface area contributed by atoms with E-state index < -0.39 is 5.97 Å². The first-order valence-corrected chi connectivity index (χ1v) is 5.14. The Hall–Kier alpha value is -0.610. The normalized spacial score (nSPS) is 13.1. The van der Waals surface area contributed by atoms with Crippen LogP contribution in [0.4, 0.5) is 0 Å². The van der Waals surface area contributed by atoms with Crippen molar-refractivity contribution in [3.63, 3.8) is 0 Å². The molecule has 0 aromatic heterocycles. The minimum atomic E-state index is -0.759. The summed E-state index contributed by atoms with van der Waals surface area (Å²) in [6, 6.07) is -0.389. The molecule has 0 saturated heterocycles. The van der Waals surface area contributed by atoms with Gasteiger partial charge in [0.1, 0.15) is 6.04 Å². The number of rotatable bonds is 8. The maximum atomic E-state index is 10.8. The molecule has 0 aliphatic heterocycles. The molecule has 0 spiro atoms. The van der Waals surface area contributed by atoms with E-state index in [2.05, 4.69) is 6.92 Å². The molecule has 4 nitrogen and oxygen atoms in total. The Kier molecular flexibility index (Phi) is 7.42. The third-order valence-corrected chi connectivity index (χ3v) is 2.14. The quantitative estimate of drug-likeness (QED) is 0.602. The second kappa shape index (κ2) is 7.76. The average molecular weight is 203 g/mol. The molecule has 0 rings (SSSR count). The van der Waals surface area contributed by atoms with Crippen molar-refractivity contribution >= 4 is 5.97 Å². The van der Waals surface area contributed by atoms with Crippen molar-refractivity contribution in [1.82, 2.24) is 4.90 Å². The monoisotopic (exact) mass is 203 g/mol. The Morgan fingerprint density at radius 3 is 2.50 bits per heavy atom. The lowest BCUT2D eigenvalue weighted by Gasteiger charge is -2.23. The number of carboxylic acids is 1. The fourth-order valence-electron chi connectivity index (χ4n) is 1.29. The summed E-state index contributed by atoms with van der Waals surface area (Å²) in [6.45, 7) is 5.95. The molecule has 1 atom stereocenters. The standard InChI is InChI=1S/C10H21NO3/c1-4-7-14-8-6-11(3)9(5-2)10(12)13/h9H,4-8H2,1-3H3,(H,12,13). The van der Waals surface area contributed by atoms with E-state index in [-0.39, 0.29) is 6.04 Å². The summed E-state index contributed by atoms with van der Waals surface area (Å²) in [7, 11) is 1.82. The maximum Gasteiger partial charge on any atom is 0.320 e. The molecule has 0 bridgehead atoms. The molecule has 0 aliphatic carbocycles. The lowest BCUT2D eigenvalue weighted by Crippen LogP contribution is -2.39. The van der Waals surface area contributed by atoms with Gasteiger partial charge in [-0.2, -0.15) is 0 Å². The fourth-order valence-corrected chi connectivity index (χ4v) is 1.29. The number of hydrogen-bond donors (Lipinski definition) is 1. The molecule has 84 valence electrons. The molecule has 0 radical (unpaired) electrons. The number of aliphatic carboxylic acids is 1. The van der Waals surface area contributed by atoms with Gasteiger partial charge in [0.2, 0.25) is 0 Å². The molecule has 0 heterocycles. The van der Waals surface area contributed by atoms with Crippen LogP contribution < -0.4 is 0 Å². The smallest absolute Gasteiger partial charge is 0.320 e. The molecular weight excluding hydrogens is 182 g/mol. The van der Waals surface area contributed by atoms with Crippen LogP contribution in [0.3, 0.4) is 0 Å². The van der Waals surface area contributed by atoms with Crippen LogP contribution in [-0.4, -0.2) is 48.8 Å². The molecule has 0 amide bonds. The fraction of sp³-hybridized carbons (Fsp3) is 0.900. The van der Waals surface area contributed by atoms with Gasteiger partial charge in [-0.15, -0.1) is 0 Å². The van der Waals surface area contributed by atoms with Crippen LogP contribution in [0.15, 0.2) is 0 Å². The first kappa shape index (κ1) is 13.4. The number of hydrogen-bond acceptors (Lipinski definition) is 3. The Balaban J connectivity index is 3.69. The Morgan fingerprint density at radius 1 is 1.43 bits per heavy atom. The van der Waals surface area contributed by atoms with Gasteiger partial charge in [0.15, 0.2) is 0 Å². The van der Waals surface area contributed by atoms with Crippen LogP contribution in [0.2, 0.25) is 0 Å². The predicted molar refractivity (Wildman–Crippen MR) is 55.5 cm³/mol. The zero-order chi connectivity index (χ0) is 11.0. The van der Waals surface area contributed by atoms with Gasteiger partial charge in [0.05, 0.1) is 6.61 Å². The third kappa shape index (κ3) is 5.19. The van der Waals surface area contributed by atoms with Gasteiger partial charge in [-0.25, -0.2) is 0 Å². The molecule has 1 unspecified atom stereocenters. The molecule has 0 aliphatic rings. The van der Waals surface area contributed by atoms with E-state index in [9.17, 15) is 4.79 Å². The van der Waals surface area contributed by atoms with E-state index >= 15 is 0 Å². The summed E-state index contributed by atoms with van der Waals surface area (Å²) in [6.07, 6.45) is 1.62. The van der Waals surface area contributed by atoms with Crippen LogP contribution in [0.5, 0.6) is 0 Å². The first-order valence-electron chi connectivity index (χ1n) is 5.14. The number of ether oxygens (including phenoxy) is 1. The summed E-state index contributed by atoms with van der Waals surface area (Å²) in [4.78, 5) is 12.6.